The average molecular weight is 386 g/mol. The average Bonchev–Trinajstić information content (AvgIpc) is 2.66. The first-order chi connectivity index (χ1) is 12.6. The largest absolute Gasteiger partial charge is 0.355 e. The number of rotatable bonds is 7. The van der Waals surface area contributed by atoms with Gasteiger partial charge in [0.2, 0.25) is 5.91 Å². The van der Waals surface area contributed by atoms with Crippen LogP contribution in [0.3, 0.4) is 0 Å². The summed E-state index contributed by atoms with van der Waals surface area (Å²) in [6, 6.07) is 17.3. The summed E-state index contributed by atoms with van der Waals surface area (Å²) in [4.78, 5) is 28.8. The van der Waals surface area contributed by atoms with Crippen LogP contribution in [0.5, 0.6) is 0 Å². The van der Waals surface area contributed by atoms with Crippen LogP contribution in [0.15, 0.2) is 64.3 Å². The van der Waals surface area contributed by atoms with Crippen LogP contribution >= 0.6 is 24.0 Å². The Labute approximate surface area is 160 Å². The van der Waals surface area contributed by atoms with Crippen LogP contribution in [0.25, 0.3) is 10.9 Å². The highest BCUT2D eigenvalue weighted by Gasteiger charge is 2.07. The molecule has 0 saturated carbocycles. The van der Waals surface area contributed by atoms with Crippen molar-refractivity contribution in [2.24, 2.45) is 0 Å². The molecule has 0 aliphatic rings. The molecule has 0 unspecified atom stereocenters. The molecule has 2 N–H and O–H groups in total. The number of carbonyl (C=O) groups excluding carboxylic acids is 1. The highest BCUT2D eigenvalue weighted by Crippen LogP contribution is 2.15. The third kappa shape index (κ3) is 4.62. The minimum atomic E-state index is -0.170. The van der Waals surface area contributed by atoms with Gasteiger partial charge in [-0.15, -0.1) is 11.8 Å². The Morgan fingerprint density at radius 2 is 1.85 bits per heavy atom. The first-order valence-corrected chi connectivity index (χ1v) is 9.71. The number of benzene rings is 2. The minimum absolute atomic E-state index is 0.0897. The Hall–Kier alpha value is -2.38. The molecule has 0 spiro atoms. The van der Waals surface area contributed by atoms with Crippen LogP contribution < -0.4 is 10.9 Å². The lowest BCUT2D eigenvalue weighted by molar-refractivity contribution is -0.121. The minimum Gasteiger partial charge on any atom is -0.355 e. The predicted octanol–water partition coefficient (Wildman–Crippen LogP) is 3.36. The first-order valence-electron chi connectivity index (χ1n) is 8.31. The van der Waals surface area contributed by atoms with E-state index in [-0.39, 0.29) is 24.4 Å². The Balaban J connectivity index is 1.52. The van der Waals surface area contributed by atoms with Gasteiger partial charge in [0.05, 0.1) is 10.9 Å². The number of aromatic amines is 1. The number of nitrogens with zero attached hydrogens (tertiary/aromatic N) is 1. The molecule has 0 fully saturated rings. The number of hydrogen-bond acceptors (Lipinski definition) is 4. The van der Waals surface area contributed by atoms with Crippen molar-refractivity contribution in [2.45, 2.75) is 17.9 Å². The fourth-order valence-electron chi connectivity index (χ4n) is 2.58. The number of nitrogens with one attached hydrogen (secondary N) is 2. The van der Waals surface area contributed by atoms with Crippen molar-refractivity contribution < 1.29 is 4.79 Å². The Kier molecular flexibility index (Phi) is 6.25. The van der Waals surface area contributed by atoms with Crippen LogP contribution in [-0.4, -0.2) is 27.8 Å². The standard InChI is InChI=1S/C19H19N3O2S2/c23-17(20-11-13-26-14-6-2-1-3-7-14)10-12-22-18(24)15-8-4-5-9-16(15)21-19(22)25/h1-9H,10-13H2,(H,20,23)(H,21,25). The molecule has 0 aliphatic carbocycles. The van der Waals surface area contributed by atoms with E-state index in [0.717, 1.165) is 5.75 Å². The van der Waals surface area contributed by atoms with Crippen LogP contribution in [0.4, 0.5) is 0 Å². The maximum atomic E-state index is 12.5. The van der Waals surface area contributed by atoms with E-state index in [2.05, 4.69) is 10.3 Å². The zero-order valence-electron chi connectivity index (χ0n) is 14.1. The molecule has 0 atom stereocenters. The lowest BCUT2D eigenvalue weighted by atomic mass is 10.2. The summed E-state index contributed by atoms with van der Waals surface area (Å²) in [7, 11) is 0. The van der Waals surface area contributed by atoms with Gasteiger partial charge in [-0.2, -0.15) is 0 Å². The fraction of sp³-hybridized carbons (Fsp3) is 0.211. The topological polar surface area (TPSA) is 66.9 Å². The van der Waals surface area contributed by atoms with Crippen LogP contribution in [0.2, 0.25) is 0 Å². The Morgan fingerprint density at radius 3 is 2.65 bits per heavy atom. The lowest BCUT2D eigenvalue weighted by Crippen LogP contribution is -2.29. The smallest absolute Gasteiger partial charge is 0.262 e. The first kappa shape index (κ1) is 18.4. The van der Waals surface area contributed by atoms with Gasteiger partial charge in [0.25, 0.3) is 5.56 Å². The normalized spacial score (nSPS) is 10.8. The second-order valence-electron chi connectivity index (χ2n) is 5.69. The maximum Gasteiger partial charge on any atom is 0.262 e. The molecule has 26 heavy (non-hydrogen) atoms. The van der Waals surface area contributed by atoms with Crippen LogP contribution in [-0.2, 0) is 11.3 Å². The van der Waals surface area contributed by atoms with Gasteiger partial charge in [0.1, 0.15) is 0 Å². The summed E-state index contributed by atoms with van der Waals surface area (Å²) in [6.07, 6.45) is 0.214. The molecule has 5 nitrogen and oxygen atoms in total. The maximum absolute atomic E-state index is 12.5. The lowest BCUT2D eigenvalue weighted by Gasteiger charge is -2.09. The molecule has 3 aromatic rings. The van der Waals surface area contributed by atoms with Gasteiger partial charge in [-0.05, 0) is 36.5 Å². The molecule has 1 amide bonds. The summed E-state index contributed by atoms with van der Waals surface area (Å²) >= 11 is 6.94. The quantitative estimate of drug-likeness (QED) is 0.372. The van der Waals surface area contributed by atoms with E-state index in [9.17, 15) is 9.59 Å². The van der Waals surface area contributed by atoms with Gasteiger partial charge in [-0.3, -0.25) is 14.2 Å². The van der Waals surface area contributed by atoms with E-state index in [0.29, 0.717) is 22.2 Å². The molecule has 134 valence electrons. The van der Waals surface area contributed by atoms with Crippen molar-refractivity contribution >= 4 is 40.8 Å². The number of aromatic nitrogens is 2. The van der Waals surface area contributed by atoms with Crippen molar-refractivity contribution in [2.75, 3.05) is 12.3 Å². The van der Waals surface area contributed by atoms with Crippen molar-refractivity contribution in [1.29, 1.82) is 0 Å². The van der Waals surface area contributed by atoms with Crippen molar-refractivity contribution in [3.8, 4) is 0 Å². The third-order valence-electron chi connectivity index (χ3n) is 3.89. The molecule has 1 aromatic heterocycles. The zero-order chi connectivity index (χ0) is 18.4. The molecule has 7 heteroatoms. The number of H-pyrrole nitrogens is 1. The molecule has 1 heterocycles. The molecular weight excluding hydrogens is 366 g/mol. The predicted molar refractivity (Wildman–Crippen MR) is 108 cm³/mol. The Bertz CT molecular complexity index is 1010. The third-order valence-corrected chi connectivity index (χ3v) is 5.22. The highest BCUT2D eigenvalue weighted by atomic mass is 32.2. The van der Waals surface area contributed by atoms with Crippen molar-refractivity contribution in [3.05, 3.63) is 69.7 Å². The molecule has 0 bridgehead atoms. The van der Waals surface area contributed by atoms with Crippen LogP contribution in [0.1, 0.15) is 6.42 Å². The Morgan fingerprint density at radius 1 is 1.12 bits per heavy atom. The summed E-state index contributed by atoms with van der Waals surface area (Å²) in [6.45, 7) is 0.842. The second kappa shape index (κ2) is 8.82. The van der Waals surface area contributed by atoms with Gasteiger partial charge < -0.3 is 10.3 Å². The molecular formula is C19H19N3O2S2. The fourth-order valence-corrected chi connectivity index (χ4v) is 3.65. The van der Waals surface area contributed by atoms with Crippen molar-refractivity contribution in [1.82, 2.24) is 14.9 Å². The van der Waals surface area contributed by atoms with E-state index < -0.39 is 0 Å². The van der Waals surface area contributed by atoms with E-state index in [1.54, 1.807) is 17.8 Å². The molecule has 0 aliphatic heterocycles. The summed E-state index contributed by atoms with van der Waals surface area (Å²) in [5.41, 5.74) is 0.540. The summed E-state index contributed by atoms with van der Waals surface area (Å²) in [5, 5.41) is 3.45. The van der Waals surface area contributed by atoms with Gasteiger partial charge >= 0.3 is 0 Å². The zero-order valence-corrected chi connectivity index (χ0v) is 15.7. The van der Waals surface area contributed by atoms with Crippen molar-refractivity contribution in [3.63, 3.8) is 0 Å². The monoisotopic (exact) mass is 385 g/mol. The van der Waals surface area contributed by atoms with E-state index in [1.807, 2.05) is 48.5 Å². The number of amides is 1. The second-order valence-corrected chi connectivity index (χ2v) is 7.25. The number of thioether (sulfide) groups is 1. The molecule has 3 rings (SSSR count). The van der Waals surface area contributed by atoms with Gasteiger partial charge in [-0.25, -0.2) is 0 Å². The van der Waals surface area contributed by atoms with E-state index >= 15 is 0 Å². The van der Waals surface area contributed by atoms with E-state index in [4.69, 9.17) is 12.2 Å². The highest BCUT2D eigenvalue weighted by molar-refractivity contribution is 7.99. The molecule has 0 saturated heterocycles. The number of fused-ring (bicyclic) bond motifs is 1. The number of carbonyl (C=O) groups is 1. The van der Waals surface area contributed by atoms with E-state index in [1.165, 1.54) is 9.46 Å². The van der Waals surface area contributed by atoms with Crippen LogP contribution in [0, 0.1) is 4.77 Å². The number of para-hydroxylation sites is 1. The SMILES string of the molecule is O=C(CCn1c(=S)[nH]c2ccccc2c1=O)NCCSc1ccccc1. The molecule has 0 radical (unpaired) electrons. The molecule has 2 aromatic carbocycles. The van der Waals surface area contributed by atoms with Gasteiger partial charge in [0, 0.05) is 30.2 Å². The van der Waals surface area contributed by atoms with Gasteiger partial charge in [0.15, 0.2) is 4.77 Å². The summed E-state index contributed by atoms with van der Waals surface area (Å²) < 4.78 is 1.77. The summed E-state index contributed by atoms with van der Waals surface area (Å²) in [5.74, 6) is 0.708. The number of hydrogen-bond donors (Lipinski definition) is 2. The van der Waals surface area contributed by atoms with Gasteiger partial charge in [-0.1, -0.05) is 30.3 Å².